The van der Waals surface area contributed by atoms with Gasteiger partial charge in [0.25, 0.3) is 5.56 Å². The molecule has 0 saturated carbocycles. The molecule has 1 fully saturated rings. The van der Waals surface area contributed by atoms with E-state index in [-0.39, 0.29) is 23.4 Å². The van der Waals surface area contributed by atoms with Crippen LogP contribution in [0.15, 0.2) is 35.3 Å². The molecule has 8 heteroatoms. The van der Waals surface area contributed by atoms with E-state index in [9.17, 15) is 9.59 Å². The Hall–Kier alpha value is -2.77. The van der Waals surface area contributed by atoms with Crippen molar-refractivity contribution in [2.75, 3.05) is 19.7 Å². The van der Waals surface area contributed by atoms with Gasteiger partial charge in [0.05, 0.1) is 12.3 Å². The zero-order valence-corrected chi connectivity index (χ0v) is 16.7. The lowest BCUT2D eigenvalue weighted by Gasteiger charge is -2.31. The average Bonchev–Trinajstić information content (AvgIpc) is 2.68. The van der Waals surface area contributed by atoms with Crippen molar-refractivity contribution in [3.8, 4) is 5.88 Å². The van der Waals surface area contributed by atoms with Gasteiger partial charge < -0.3 is 9.64 Å². The summed E-state index contributed by atoms with van der Waals surface area (Å²) in [6.45, 7) is 8.14. The number of aromatic nitrogens is 4. The van der Waals surface area contributed by atoms with Gasteiger partial charge in [-0.15, -0.1) is 5.10 Å². The molecule has 2 aromatic rings. The lowest BCUT2D eigenvalue weighted by Crippen LogP contribution is -2.42. The van der Waals surface area contributed by atoms with Gasteiger partial charge in [-0.25, -0.2) is 4.68 Å². The normalized spacial score (nSPS) is 15.5. The SMILES string of the molecule is CC(C)(C)c1ccc(OCC2CCN(C(=O)Cn3ncccc3=O)CC2)nn1. The van der Waals surface area contributed by atoms with Crippen molar-refractivity contribution >= 4 is 5.91 Å². The van der Waals surface area contributed by atoms with Crippen molar-refractivity contribution in [3.05, 3.63) is 46.5 Å². The van der Waals surface area contributed by atoms with E-state index < -0.39 is 0 Å². The van der Waals surface area contributed by atoms with E-state index in [4.69, 9.17) is 4.74 Å². The standard InChI is InChI=1S/C20H27N5O3/c1-20(2,3)16-6-7-17(23-22-16)28-14-15-8-11-24(12-9-15)19(27)13-25-18(26)5-4-10-21-25/h4-7,10,15H,8-9,11-14H2,1-3H3. The van der Waals surface area contributed by atoms with Crippen LogP contribution in [0.5, 0.6) is 5.88 Å². The minimum absolute atomic E-state index is 0.0173. The van der Waals surface area contributed by atoms with Crippen molar-refractivity contribution < 1.29 is 9.53 Å². The minimum Gasteiger partial charge on any atom is -0.476 e. The fourth-order valence-electron chi connectivity index (χ4n) is 3.08. The first kappa shape index (κ1) is 20.0. The number of nitrogens with zero attached hydrogens (tertiary/aromatic N) is 5. The molecule has 28 heavy (non-hydrogen) atoms. The van der Waals surface area contributed by atoms with Crippen LogP contribution in [0, 0.1) is 5.92 Å². The summed E-state index contributed by atoms with van der Waals surface area (Å²) in [6, 6.07) is 6.77. The second-order valence-corrected chi connectivity index (χ2v) is 8.16. The van der Waals surface area contributed by atoms with Crippen LogP contribution >= 0.6 is 0 Å². The summed E-state index contributed by atoms with van der Waals surface area (Å²) >= 11 is 0. The van der Waals surface area contributed by atoms with Crippen LogP contribution in [0.25, 0.3) is 0 Å². The predicted molar refractivity (Wildman–Crippen MR) is 104 cm³/mol. The number of hydrogen-bond donors (Lipinski definition) is 0. The van der Waals surface area contributed by atoms with Gasteiger partial charge in [0, 0.05) is 36.8 Å². The molecule has 0 atom stereocenters. The van der Waals surface area contributed by atoms with E-state index in [0.717, 1.165) is 18.5 Å². The molecule has 1 aliphatic rings. The Labute approximate surface area is 164 Å². The van der Waals surface area contributed by atoms with Crippen LogP contribution in [-0.4, -0.2) is 50.5 Å². The minimum atomic E-state index is -0.266. The third-order valence-corrected chi connectivity index (χ3v) is 4.91. The second-order valence-electron chi connectivity index (χ2n) is 8.16. The number of rotatable bonds is 5. The molecule has 1 saturated heterocycles. The maximum absolute atomic E-state index is 12.4. The van der Waals surface area contributed by atoms with Gasteiger partial charge >= 0.3 is 0 Å². The van der Waals surface area contributed by atoms with Crippen LogP contribution in [0.1, 0.15) is 39.3 Å². The Morgan fingerprint density at radius 3 is 2.54 bits per heavy atom. The summed E-state index contributed by atoms with van der Waals surface area (Å²) < 4.78 is 6.98. The highest BCUT2D eigenvalue weighted by Crippen LogP contribution is 2.22. The number of ether oxygens (including phenoxy) is 1. The molecule has 3 rings (SSSR count). The van der Waals surface area contributed by atoms with Crippen molar-refractivity contribution in [1.29, 1.82) is 0 Å². The van der Waals surface area contributed by atoms with Gasteiger partial charge in [-0.3, -0.25) is 9.59 Å². The maximum Gasteiger partial charge on any atom is 0.267 e. The molecule has 1 amide bonds. The van der Waals surface area contributed by atoms with Gasteiger partial charge in [0.15, 0.2) is 0 Å². The summed E-state index contributed by atoms with van der Waals surface area (Å²) in [4.78, 5) is 25.9. The summed E-state index contributed by atoms with van der Waals surface area (Å²) in [5.74, 6) is 0.815. The first-order chi connectivity index (χ1) is 13.3. The highest BCUT2D eigenvalue weighted by atomic mass is 16.5. The van der Waals surface area contributed by atoms with Crippen molar-refractivity contribution in [3.63, 3.8) is 0 Å². The molecule has 0 radical (unpaired) electrons. The van der Waals surface area contributed by atoms with Crippen LogP contribution in [-0.2, 0) is 16.8 Å². The molecule has 0 aromatic carbocycles. The summed E-state index contributed by atoms with van der Waals surface area (Å²) in [6.07, 6.45) is 3.22. The Bertz CT molecular complexity index is 849. The second kappa shape index (κ2) is 8.50. The van der Waals surface area contributed by atoms with E-state index in [0.29, 0.717) is 31.5 Å². The number of amides is 1. The molecular formula is C20H27N5O3. The molecule has 3 heterocycles. The van der Waals surface area contributed by atoms with Gasteiger partial charge in [0.2, 0.25) is 11.8 Å². The molecule has 150 valence electrons. The quantitative estimate of drug-likeness (QED) is 0.777. The molecule has 0 unspecified atom stereocenters. The van der Waals surface area contributed by atoms with E-state index in [1.54, 1.807) is 11.0 Å². The smallest absolute Gasteiger partial charge is 0.267 e. The van der Waals surface area contributed by atoms with Crippen LogP contribution in [0.4, 0.5) is 0 Å². The Kier molecular flexibility index (Phi) is 6.06. The van der Waals surface area contributed by atoms with Gasteiger partial charge in [-0.2, -0.15) is 10.2 Å². The number of hydrogen-bond acceptors (Lipinski definition) is 6. The van der Waals surface area contributed by atoms with E-state index >= 15 is 0 Å². The van der Waals surface area contributed by atoms with Gasteiger partial charge in [-0.1, -0.05) is 20.8 Å². The van der Waals surface area contributed by atoms with Gasteiger partial charge in [0.1, 0.15) is 6.54 Å². The van der Waals surface area contributed by atoms with Crippen LogP contribution in [0.2, 0.25) is 0 Å². The van der Waals surface area contributed by atoms with E-state index in [2.05, 4.69) is 36.1 Å². The molecule has 8 nitrogen and oxygen atoms in total. The summed E-state index contributed by atoms with van der Waals surface area (Å²) in [5, 5.41) is 12.3. The highest BCUT2D eigenvalue weighted by molar-refractivity contribution is 5.75. The number of piperidine rings is 1. The molecule has 1 aliphatic heterocycles. The lowest BCUT2D eigenvalue weighted by atomic mass is 9.92. The Morgan fingerprint density at radius 2 is 1.93 bits per heavy atom. The monoisotopic (exact) mass is 385 g/mol. The third kappa shape index (κ3) is 5.15. The first-order valence-corrected chi connectivity index (χ1v) is 9.60. The molecule has 0 N–H and O–H groups in total. The third-order valence-electron chi connectivity index (χ3n) is 4.91. The average molecular weight is 385 g/mol. The number of carbonyl (C=O) groups is 1. The Balaban J connectivity index is 1.44. The zero-order valence-electron chi connectivity index (χ0n) is 16.7. The molecule has 0 spiro atoms. The molecular weight excluding hydrogens is 358 g/mol. The Morgan fingerprint density at radius 1 is 1.18 bits per heavy atom. The molecule has 2 aromatic heterocycles. The fraction of sp³-hybridized carbons (Fsp3) is 0.550. The van der Waals surface area contributed by atoms with E-state index in [1.807, 2.05) is 12.1 Å². The maximum atomic E-state index is 12.4. The van der Waals surface area contributed by atoms with Crippen molar-refractivity contribution in [2.24, 2.45) is 5.92 Å². The van der Waals surface area contributed by atoms with Gasteiger partial charge in [-0.05, 0) is 30.9 Å². The summed E-state index contributed by atoms with van der Waals surface area (Å²) in [5.41, 5.74) is 0.627. The fourth-order valence-corrected chi connectivity index (χ4v) is 3.08. The first-order valence-electron chi connectivity index (χ1n) is 9.60. The molecule has 0 bridgehead atoms. The van der Waals surface area contributed by atoms with Crippen molar-refractivity contribution in [1.82, 2.24) is 24.9 Å². The number of carbonyl (C=O) groups excluding carboxylic acids is 1. The van der Waals surface area contributed by atoms with E-state index in [1.165, 1.54) is 16.9 Å². The predicted octanol–water partition coefficient (Wildman–Crippen LogP) is 1.65. The van der Waals surface area contributed by atoms with Crippen LogP contribution in [0.3, 0.4) is 0 Å². The topological polar surface area (TPSA) is 90.2 Å². The summed E-state index contributed by atoms with van der Waals surface area (Å²) in [7, 11) is 0. The number of likely N-dealkylation sites (tertiary alicyclic amines) is 1. The lowest BCUT2D eigenvalue weighted by molar-refractivity contribution is -0.133. The largest absolute Gasteiger partial charge is 0.476 e. The van der Waals surface area contributed by atoms with Crippen molar-refractivity contribution in [2.45, 2.75) is 45.6 Å². The zero-order chi connectivity index (χ0) is 20.1. The molecule has 0 aliphatic carbocycles. The highest BCUT2D eigenvalue weighted by Gasteiger charge is 2.24. The van der Waals surface area contributed by atoms with Crippen LogP contribution < -0.4 is 10.3 Å².